The fraction of sp³-hybridized carbons (Fsp3) is 0.130. The van der Waals surface area contributed by atoms with Crippen LogP contribution in [0.2, 0.25) is 5.02 Å². The number of anilines is 1. The summed E-state index contributed by atoms with van der Waals surface area (Å²) in [4.78, 5) is 24.5. The first-order valence-corrected chi connectivity index (χ1v) is 11.6. The number of hydrogen-bond donors (Lipinski definition) is 2. The largest absolute Gasteiger partial charge is 0.469 e. The molecule has 1 amide bonds. The lowest BCUT2D eigenvalue weighted by molar-refractivity contribution is -0.141. The lowest BCUT2D eigenvalue weighted by Crippen LogP contribution is -2.30. The molecule has 3 aromatic rings. The van der Waals surface area contributed by atoms with Crippen LogP contribution in [0.3, 0.4) is 0 Å². The van der Waals surface area contributed by atoms with Gasteiger partial charge in [0, 0.05) is 16.3 Å². The fourth-order valence-corrected chi connectivity index (χ4v) is 4.14. The molecule has 0 bridgehead atoms. The molecule has 2 N–H and O–H groups in total. The molecule has 0 aromatic heterocycles. The Hall–Kier alpha value is -3.43. The standard InChI is InChI=1S/C23H20ClFN2O5S/c1-32-22(28)14-21(15-2-6-17(24)7-3-15)26-23(29)16-4-12-20(13-5-16)33(30,31)27-19-10-8-18(25)9-11-19/h2-13,21,27H,14H2,1H3,(H,26,29). The lowest BCUT2D eigenvalue weighted by Gasteiger charge is -2.18. The number of methoxy groups -OCH3 is 1. The summed E-state index contributed by atoms with van der Waals surface area (Å²) in [5, 5.41) is 3.26. The van der Waals surface area contributed by atoms with E-state index in [1.807, 2.05) is 0 Å². The Morgan fingerprint density at radius 1 is 0.970 bits per heavy atom. The van der Waals surface area contributed by atoms with Crippen LogP contribution in [-0.2, 0) is 19.6 Å². The molecule has 1 unspecified atom stereocenters. The van der Waals surface area contributed by atoms with Crippen LogP contribution >= 0.6 is 11.6 Å². The Kier molecular flexibility index (Phi) is 7.67. The molecular formula is C23H20ClFN2O5S. The summed E-state index contributed by atoms with van der Waals surface area (Å²) < 4.78 is 45.2. The van der Waals surface area contributed by atoms with Crippen LogP contribution in [0.1, 0.15) is 28.4 Å². The lowest BCUT2D eigenvalue weighted by atomic mass is 10.0. The van der Waals surface area contributed by atoms with Crippen molar-refractivity contribution in [2.75, 3.05) is 11.8 Å². The molecule has 0 aliphatic heterocycles. The Morgan fingerprint density at radius 3 is 2.15 bits per heavy atom. The maximum Gasteiger partial charge on any atom is 0.307 e. The van der Waals surface area contributed by atoms with Gasteiger partial charge in [0.1, 0.15) is 5.82 Å². The van der Waals surface area contributed by atoms with Crippen molar-refractivity contribution in [1.29, 1.82) is 0 Å². The van der Waals surface area contributed by atoms with E-state index in [9.17, 15) is 22.4 Å². The number of sulfonamides is 1. The number of carbonyl (C=O) groups excluding carboxylic acids is 2. The summed E-state index contributed by atoms with van der Waals surface area (Å²) in [6.45, 7) is 0. The minimum absolute atomic E-state index is 0.0767. The molecule has 0 heterocycles. The molecule has 33 heavy (non-hydrogen) atoms. The molecule has 1 atom stereocenters. The van der Waals surface area contributed by atoms with Crippen molar-refractivity contribution in [1.82, 2.24) is 5.32 Å². The molecule has 0 fully saturated rings. The number of hydrogen-bond acceptors (Lipinski definition) is 5. The second-order valence-corrected chi connectivity index (χ2v) is 9.11. The van der Waals surface area contributed by atoms with Gasteiger partial charge in [-0.05, 0) is 66.2 Å². The Bertz CT molecular complexity index is 1230. The number of halogens is 2. The van der Waals surface area contributed by atoms with Gasteiger partial charge in [-0.3, -0.25) is 14.3 Å². The number of benzene rings is 3. The van der Waals surface area contributed by atoms with Crippen LogP contribution in [-0.4, -0.2) is 27.4 Å². The highest BCUT2D eigenvalue weighted by atomic mass is 35.5. The molecule has 3 aromatic carbocycles. The van der Waals surface area contributed by atoms with Gasteiger partial charge in [0.15, 0.2) is 0 Å². The first-order valence-electron chi connectivity index (χ1n) is 9.69. The van der Waals surface area contributed by atoms with Gasteiger partial charge in [0.25, 0.3) is 15.9 Å². The highest BCUT2D eigenvalue weighted by Crippen LogP contribution is 2.22. The summed E-state index contributed by atoms with van der Waals surface area (Å²) in [5.74, 6) is -1.50. The van der Waals surface area contributed by atoms with Crippen LogP contribution in [0.25, 0.3) is 0 Å². The predicted molar refractivity (Wildman–Crippen MR) is 122 cm³/mol. The van der Waals surface area contributed by atoms with Crippen LogP contribution in [0.4, 0.5) is 10.1 Å². The van der Waals surface area contributed by atoms with E-state index in [0.717, 1.165) is 12.1 Å². The normalized spacial score (nSPS) is 12.0. The van der Waals surface area contributed by atoms with E-state index in [4.69, 9.17) is 16.3 Å². The summed E-state index contributed by atoms with van der Waals surface area (Å²) in [7, 11) is -2.68. The molecule has 7 nitrogen and oxygen atoms in total. The predicted octanol–water partition coefficient (Wildman–Crippen LogP) is 4.31. The van der Waals surface area contributed by atoms with Gasteiger partial charge in [-0.2, -0.15) is 0 Å². The van der Waals surface area contributed by atoms with Crippen molar-refractivity contribution < 1.29 is 27.1 Å². The van der Waals surface area contributed by atoms with E-state index in [2.05, 4.69) is 10.0 Å². The van der Waals surface area contributed by atoms with Gasteiger partial charge >= 0.3 is 5.97 Å². The fourth-order valence-electron chi connectivity index (χ4n) is 2.96. The molecule has 0 aliphatic carbocycles. The summed E-state index contributed by atoms with van der Waals surface area (Å²) in [5.41, 5.74) is 1.05. The number of amides is 1. The average Bonchev–Trinajstić information content (AvgIpc) is 2.80. The van der Waals surface area contributed by atoms with Crippen LogP contribution in [0.15, 0.2) is 77.7 Å². The minimum Gasteiger partial charge on any atom is -0.469 e. The van der Waals surface area contributed by atoms with Crippen LogP contribution in [0.5, 0.6) is 0 Å². The van der Waals surface area contributed by atoms with Gasteiger partial charge in [-0.25, -0.2) is 12.8 Å². The van der Waals surface area contributed by atoms with Crippen LogP contribution < -0.4 is 10.0 Å². The Balaban J connectivity index is 1.75. The molecule has 3 rings (SSSR count). The smallest absolute Gasteiger partial charge is 0.307 e. The second-order valence-electron chi connectivity index (χ2n) is 6.99. The number of esters is 1. The van der Waals surface area contributed by atoms with Crippen molar-refractivity contribution >= 4 is 39.2 Å². The number of carbonyl (C=O) groups is 2. The van der Waals surface area contributed by atoms with Crippen molar-refractivity contribution in [2.24, 2.45) is 0 Å². The van der Waals surface area contributed by atoms with Gasteiger partial charge in [0.05, 0.1) is 24.5 Å². The Labute approximate surface area is 195 Å². The third-order valence-corrected chi connectivity index (χ3v) is 6.35. The van der Waals surface area contributed by atoms with E-state index in [1.54, 1.807) is 24.3 Å². The topological polar surface area (TPSA) is 102 Å². The maximum atomic E-state index is 13.0. The quantitative estimate of drug-likeness (QED) is 0.458. The minimum atomic E-state index is -3.94. The van der Waals surface area contributed by atoms with E-state index < -0.39 is 33.8 Å². The molecule has 0 saturated carbocycles. The van der Waals surface area contributed by atoms with Gasteiger partial charge in [0.2, 0.25) is 0 Å². The van der Waals surface area contributed by atoms with E-state index in [-0.39, 0.29) is 22.6 Å². The Morgan fingerprint density at radius 2 is 1.58 bits per heavy atom. The first kappa shape index (κ1) is 24.2. The molecule has 0 spiro atoms. The SMILES string of the molecule is COC(=O)CC(NC(=O)c1ccc(S(=O)(=O)Nc2ccc(F)cc2)cc1)c1ccc(Cl)cc1. The molecule has 0 saturated heterocycles. The second kappa shape index (κ2) is 10.5. The van der Waals surface area contributed by atoms with Gasteiger partial charge in [-0.15, -0.1) is 0 Å². The monoisotopic (exact) mass is 490 g/mol. The zero-order chi connectivity index (χ0) is 24.0. The highest BCUT2D eigenvalue weighted by molar-refractivity contribution is 7.92. The number of rotatable bonds is 8. The third kappa shape index (κ3) is 6.53. The van der Waals surface area contributed by atoms with E-state index >= 15 is 0 Å². The maximum absolute atomic E-state index is 13.0. The molecule has 0 aliphatic rings. The van der Waals surface area contributed by atoms with Crippen LogP contribution in [0, 0.1) is 5.82 Å². The average molecular weight is 491 g/mol. The summed E-state index contributed by atoms with van der Waals surface area (Å²) in [6, 6.07) is 16.1. The molecule has 172 valence electrons. The van der Waals surface area contributed by atoms with Crippen molar-refractivity contribution in [2.45, 2.75) is 17.4 Å². The molecular weight excluding hydrogens is 471 g/mol. The molecule has 10 heteroatoms. The summed E-state index contributed by atoms with van der Waals surface area (Å²) >= 11 is 5.91. The van der Waals surface area contributed by atoms with Crippen molar-refractivity contribution in [3.05, 3.63) is 94.8 Å². The van der Waals surface area contributed by atoms with Gasteiger partial charge < -0.3 is 10.1 Å². The number of nitrogens with one attached hydrogen (secondary N) is 2. The van der Waals surface area contributed by atoms with Gasteiger partial charge in [-0.1, -0.05) is 23.7 Å². The molecule has 0 radical (unpaired) electrons. The van der Waals surface area contributed by atoms with Crippen molar-refractivity contribution in [3.63, 3.8) is 0 Å². The highest BCUT2D eigenvalue weighted by Gasteiger charge is 2.21. The zero-order valence-corrected chi connectivity index (χ0v) is 19.0. The zero-order valence-electron chi connectivity index (χ0n) is 17.4. The number of ether oxygens (including phenoxy) is 1. The third-order valence-electron chi connectivity index (χ3n) is 4.70. The first-order chi connectivity index (χ1) is 15.7. The van der Waals surface area contributed by atoms with E-state index in [0.29, 0.717) is 10.6 Å². The van der Waals surface area contributed by atoms with Crippen molar-refractivity contribution in [3.8, 4) is 0 Å². The van der Waals surface area contributed by atoms with E-state index in [1.165, 1.54) is 43.5 Å². The summed E-state index contributed by atoms with van der Waals surface area (Å²) in [6.07, 6.45) is -0.0993.